The maximum atomic E-state index is 9.55. The van der Waals surface area contributed by atoms with E-state index in [9.17, 15) is 9.59 Å². The summed E-state index contributed by atoms with van der Waals surface area (Å²) in [4.78, 5) is 19.1. The number of hydrogen-bond donors (Lipinski definition) is 3. The van der Waals surface area contributed by atoms with Crippen LogP contribution >= 0.6 is 0 Å². The largest absolute Gasteiger partial charge is 0.478 e. The number of carbonyl (C=O) groups is 2. The lowest BCUT2D eigenvalue weighted by molar-refractivity contribution is -0.134. The maximum absolute atomic E-state index is 9.55. The Labute approximate surface area is 177 Å². The van der Waals surface area contributed by atoms with Crippen molar-refractivity contribution in [3.05, 3.63) is 83.4 Å². The number of rotatable bonds is 7. The summed E-state index contributed by atoms with van der Waals surface area (Å²) >= 11 is 0. The van der Waals surface area contributed by atoms with E-state index in [1.807, 2.05) is 0 Å². The van der Waals surface area contributed by atoms with Gasteiger partial charge in [0.15, 0.2) is 0 Å². The average molecular weight is 411 g/mol. The van der Waals surface area contributed by atoms with Gasteiger partial charge in [-0.1, -0.05) is 61.5 Å². The van der Waals surface area contributed by atoms with E-state index >= 15 is 0 Å². The number of piperidine rings is 1. The molecule has 0 aromatic heterocycles. The molecule has 6 heteroatoms. The van der Waals surface area contributed by atoms with Gasteiger partial charge in [0, 0.05) is 12.2 Å². The summed E-state index contributed by atoms with van der Waals surface area (Å²) in [5.41, 5.74) is 3.87. The first kappa shape index (κ1) is 23.3. The lowest BCUT2D eigenvalue weighted by Crippen LogP contribution is -2.33. The van der Waals surface area contributed by atoms with Gasteiger partial charge < -0.3 is 20.3 Å². The van der Waals surface area contributed by atoms with E-state index in [0.29, 0.717) is 18.3 Å². The van der Waals surface area contributed by atoms with E-state index in [1.165, 1.54) is 16.7 Å². The first-order valence-corrected chi connectivity index (χ1v) is 10.1. The van der Waals surface area contributed by atoms with Gasteiger partial charge in [-0.3, -0.25) is 0 Å². The topological polar surface area (TPSA) is 95.9 Å². The molecule has 0 bridgehead atoms. The first-order valence-electron chi connectivity index (χ1n) is 10.1. The standard InChI is InChI=1S/C20H25NO.C4H4O4/c1-2-16-8-10-18(11-9-16)20(17-6-4-3-5-7-17)22-19-12-14-21-15-13-19;5-3(6)1-2-4(7)8/h3-11,19-21H,2,12-15H2,1H3;1-2H,(H,5,6)(H,7,8)/b;2-1+. The van der Waals surface area contributed by atoms with Crippen molar-refractivity contribution in [2.24, 2.45) is 0 Å². The predicted octanol–water partition coefficient (Wildman–Crippen LogP) is 3.82. The van der Waals surface area contributed by atoms with Crippen LogP contribution in [0.25, 0.3) is 0 Å². The minimum atomic E-state index is -1.26. The molecular formula is C24H29NO5. The molecule has 0 radical (unpaired) electrons. The zero-order valence-electron chi connectivity index (χ0n) is 17.2. The third-order valence-corrected chi connectivity index (χ3v) is 4.78. The van der Waals surface area contributed by atoms with Crippen LogP contribution in [0.1, 0.15) is 42.6 Å². The van der Waals surface area contributed by atoms with Gasteiger partial charge in [0.1, 0.15) is 6.10 Å². The highest BCUT2D eigenvalue weighted by atomic mass is 16.5. The van der Waals surface area contributed by atoms with Gasteiger partial charge in [0.2, 0.25) is 0 Å². The van der Waals surface area contributed by atoms with Crippen LogP contribution in [0.3, 0.4) is 0 Å². The second-order valence-electron chi connectivity index (χ2n) is 6.98. The van der Waals surface area contributed by atoms with Gasteiger partial charge in [0.05, 0.1) is 6.10 Å². The maximum Gasteiger partial charge on any atom is 0.328 e. The molecule has 0 spiro atoms. The minimum Gasteiger partial charge on any atom is -0.478 e. The fourth-order valence-electron chi connectivity index (χ4n) is 3.17. The Morgan fingerprint density at radius 2 is 1.50 bits per heavy atom. The highest BCUT2D eigenvalue weighted by Crippen LogP contribution is 2.29. The van der Waals surface area contributed by atoms with Crippen molar-refractivity contribution in [1.29, 1.82) is 0 Å². The Morgan fingerprint density at radius 3 is 2.00 bits per heavy atom. The van der Waals surface area contributed by atoms with Crippen molar-refractivity contribution in [3.8, 4) is 0 Å². The van der Waals surface area contributed by atoms with Crippen LogP contribution < -0.4 is 5.32 Å². The molecule has 2 aromatic carbocycles. The van der Waals surface area contributed by atoms with E-state index in [4.69, 9.17) is 14.9 Å². The molecule has 3 rings (SSSR count). The molecule has 1 heterocycles. The Kier molecular flexibility index (Phi) is 9.77. The highest BCUT2D eigenvalue weighted by molar-refractivity contribution is 5.89. The van der Waals surface area contributed by atoms with Gasteiger partial charge in [-0.05, 0) is 49.0 Å². The summed E-state index contributed by atoms with van der Waals surface area (Å²) < 4.78 is 6.50. The molecule has 1 saturated heterocycles. The summed E-state index contributed by atoms with van der Waals surface area (Å²) in [5, 5.41) is 19.0. The van der Waals surface area contributed by atoms with E-state index in [0.717, 1.165) is 32.4 Å². The van der Waals surface area contributed by atoms with Gasteiger partial charge in [0.25, 0.3) is 0 Å². The Balaban J connectivity index is 0.000000343. The third-order valence-electron chi connectivity index (χ3n) is 4.78. The van der Waals surface area contributed by atoms with Crippen LogP contribution in [0.2, 0.25) is 0 Å². The lowest BCUT2D eigenvalue weighted by atomic mass is 9.99. The molecule has 1 fully saturated rings. The van der Waals surface area contributed by atoms with Crippen LogP contribution in [-0.2, 0) is 20.7 Å². The number of benzene rings is 2. The molecule has 0 amide bonds. The number of aryl methyl sites for hydroxylation is 1. The van der Waals surface area contributed by atoms with Crippen LogP contribution in [0.15, 0.2) is 66.7 Å². The van der Waals surface area contributed by atoms with Crippen molar-refractivity contribution < 1.29 is 24.5 Å². The van der Waals surface area contributed by atoms with Crippen molar-refractivity contribution in [2.75, 3.05) is 13.1 Å². The van der Waals surface area contributed by atoms with Crippen molar-refractivity contribution >= 4 is 11.9 Å². The fourth-order valence-corrected chi connectivity index (χ4v) is 3.17. The second kappa shape index (κ2) is 12.6. The first-order chi connectivity index (χ1) is 14.5. The number of ether oxygens (including phenoxy) is 1. The summed E-state index contributed by atoms with van der Waals surface area (Å²) in [6.45, 7) is 4.30. The number of hydrogen-bond acceptors (Lipinski definition) is 4. The molecule has 30 heavy (non-hydrogen) atoms. The smallest absolute Gasteiger partial charge is 0.328 e. The van der Waals surface area contributed by atoms with Crippen molar-refractivity contribution in [3.63, 3.8) is 0 Å². The van der Waals surface area contributed by atoms with E-state index in [1.54, 1.807) is 0 Å². The van der Waals surface area contributed by atoms with E-state index in [2.05, 4.69) is 66.8 Å². The minimum absolute atomic E-state index is 0.0372. The molecule has 1 unspecified atom stereocenters. The van der Waals surface area contributed by atoms with Crippen molar-refractivity contribution in [2.45, 2.75) is 38.4 Å². The Morgan fingerprint density at radius 1 is 0.967 bits per heavy atom. The lowest BCUT2D eigenvalue weighted by Gasteiger charge is -2.29. The summed E-state index contributed by atoms with van der Waals surface area (Å²) in [6.07, 6.45) is 4.76. The number of aliphatic carboxylic acids is 2. The second-order valence-corrected chi connectivity index (χ2v) is 6.98. The highest BCUT2D eigenvalue weighted by Gasteiger charge is 2.21. The third kappa shape index (κ3) is 8.19. The Bertz CT molecular complexity index is 795. The van der Waals surface area contributed by atoms with Crippen LogP contribution in [0.5, 0.6) is 0 Å². The van der Waals surface area contributed by atoms with Gasteiger partial charge in [-0.15, -0.1) is 0 Å². The summed E-state index contributed by atoms with van der Waals surface area (Å²) in [7, 11) is 0. The van der Waals surface area contributed by atoms with Gasteiger partial charge >= 0.3 is 11.9 Å². The Hall–Kier alpha value is -2.96. The molecule has 1 atom stereocenters. The zero-order chi connectivity index (χ0) is 21.8. The zero-order valence-corrected chi connectivity index (χ0v) is 17.2. The summed E-state index contributed by atoms with van der Waals surface area (Å²) in [5.74, 6) is -2.51. The number of carboxylic acid groups (broad SMARTS) is 2. The molecule has 160 valence electrons. The molecule has 1 aliphatic rings. The molecule has 0 aliphatic carbocycles. The number of carboxylic acids is 2. The van der Waals surface area contributed by atoms with Crippen LogP contribution in [0, 0.1) is 0 Å². The van der Waals surface area contributed by atoms with Crippen molar-refractivity contribution in [1.82, 2.24) is 5.32 Å². The SMILES string of the molecule is CCc1ccc(C(OC2CCNCC2)c2ccccc2)cc1.O=C(O)/C=C/C(=O)O. The van der Waals surface area contributed by atoms with Gasteiger partial charge in [-0.2, -0.15) is 0 Å². The fraction of sp³-hybridized carbons (Fsp3) is 0.333. The molecule has 2 aromatic rings. The molecule has 6 nitrogen and oxygen atoms in total. The average Bonchev–Trinajstić information content (AvgIpc) is 2.78. The van der Waals surface area contributed by atoms with E-state index in [-0.39, 0.29) is 6.10 Å². The number of nitrogens with one attached hydrogen (secondary N) is 1. The quantitative estimate of drug-likeness (QED) is 0.600. The normalized spacial score (nSPS) is 15.2. The molecule has 3 N–H and O–H groups in total. The summed E-state index contributed by atoms with van der Waals surface area (Å²) in [6, 6.07) is 19.5. The van der Waals surface area contributed by atoms with Crippen LogP contribution in [0.4, 0.5) is 0 Å². The van der Waals surface area contributed by atoms with Crippen LogP contribution in [-0.4, -0.2) is 41.3 Å². The molecule has 0 saturated carbocycles. The predicted molar refractivity (Wildman–Crippen MR) is 115 cm³/mol. The van der Waals surface area contributed by atoms with E-state index < -0.39 is 11.9 Å². The molecule has 1 aliphatic heterocycles. The van der Waals surface area contributed by atoms with Gasteiger partial charge in [-0.25, -0.2) is 9.59 Å². The molecular weight excluding hydrogens is 382 g/mol. The monoisotopic (exact) mass is 411 g/mol.